The summed E-state index contributed by atoms with van der Waals surface area (Å²) in [5.41, 5.74) is 0.113. The number of nitrogens with one attached hydrogen (secondary N) is 1. The molecule has 0 unspecified atom stereocenters. The lowest BCUT2D eigenvalue weighted by atomic mass is 10.2. The molecule has 0 bridgehead atoms. The number of ether oxygens (including phenoxy) is 1. The molecule has 1 saturated heterocycles. The van der Waals surface area contributed by atoms with E-state index in [1.54, 1.807) is 0 Å². The van der Waals surface area contributed by atoms with Crippen molar-refractivity contribution in [1.29, 1.82) is 0 Å². The second-order valence-corrected chi connectivity index (χ2v) is 4.30. The van der Waals surface area contributed by atoms with Crippen molar-refractivity contribution in [3.63, 3.8) is 0 Å². The molecule has 6 nitrogen and oxygen atoms in total. The highest BCUT2D eigenvalue weighted by molar-refractivity contribution is 5.61. The summed E-state index contributed by atoms with van der Waals surface area (Å²) in [6.45, 7) is 4.53. The fourth-order valence-electron chi connectivity index (χ4n) is 1.98. The minimum absolute atomic E-state index is 0.234. The maximum absolute atomic E-state index is 13.0. The summed E-state index contributed by atoms with van der Waals surface area (Å²) in [5, 5.41) is 13.8. The normalized spacial score (nSPS) is 16.3. The van der Waals surface area contributed by atoms with Crippen molar-refractivity contribution in [3.05, 3.63) is 34.1 Å². The van der Waals surface area contributed by atoms with Gasteiger partial charge in [-0.15, -0.1) is 0 Å². The maximum atomic E-state index is 13.0. The highest BCUT2D eigenvalue weighted by atomic mass is 19.1. The summed E-state index contributed by atoms with van der Waals surface area (Å²) < 4.78 is 18.2. The molecular formula is C12H16FN3O3. The first-order valence-corrected chi connectivity index (χ1v) is 6.15. The summed E-state index contributed by atoms with van der Waals surface area (Å²) >= 11 is 0. The van der Waals surface area contributed by atoms with E-state index in [2.05, 4.69) is 10.2 Å². The summed E-state index contributed by atoms with van der Waals surface area (Å²) in [6, 6.07) is 3.54. The predicted octanol–water partition coefficient (Wildman–Crippen LogP) is 1.48. The van der Waals surface area contributed by atoms with Gasteiger partial charge in [-0.25, -0.2) is 4.39 Å². The molecule has 0 aliphatic carbocycles. The smallest absolute Gasteiger partial charge is 0.295 e. The van der Waals surface area contributed by atoms with Gasteiger partial charge in [0, 0.05) is 26.2 Å². The zero-order chi connectivity index (χ0) is 13.7. The molecule has 0 amide bonds. The van der Waals surface area contributed by atoms with Gasteiger partial charge in [-0.05, 0) is 12.1 Å². The van der Waals surface area contributed by atoms with Crippen molar-refractivity contribution in [1.82, 2.24) is 4.90 Å². The van der Waals surface area contributed by atoms with Crippen molar-refractivity contribution in [3.8, 4) is 0 Å². The number of rotatable bonds is 5. The van der Waals surface area contributed by atoms with Gasteiger partial charge in [0.05, 0.1) is 24.2 Å². The van der Waals surface area contributed by atoms with Crippen LogP contribution >= 0.6 is 0 Å². The molecule has 1 N–H and O–H groups in total. The summed E-state index contributed by atoms with van der Waals surface area (Å²) in [6.07, 6.45) is 0. The van der Waals surface area contributed by atoms with Crippen LogP contribution in [-0.2, 0) is 4.74 Å². The van der Waals surface area contributed by atoms with E-state index in [0.29, 0.717) is 12.2 Å². The van der Waals surface area contributed by atoms with Gasteiger partial charge in [0.15, 0.2) is 0 Å². The van der Waals surface area contributed by atoms with E-state index >= 15 is 0 Å². The molecule has 1 aromatic rings. The standard InChI is InChI=1S/C12H16FN3O3/c13-10-1-2-11(12(9-10)16(17)18)14-3-4-15-5-7-19-8-6-15/h1-2,9,14H,3-8H2. The van der Waals surface area contributed by atoms with Gasteiger partial charge in [0.25, 0.3) is 5.69 Å². The first kappa shape index (κ1) is 13.7. The van der Waals surface area contributed by atoms with Gasteiger partial charge >= 0.3 is 0 Å². The average Bonchev–Trinajstić information content (AvgIpc) is 2.41. The number of hydrogen-bond acceptors (Lipinski definition) is 5. The monoisotopic (exact) mass is 269 g/mol. The molecule has 2 rings (SSSR count). The molecule has 0 radical (unpaired) electrons. The van der Waals surface area contributed by atoms with E-state index in [1.807, 2.05) is 0 Å². The van der Waals surface area contributed by atoms with Crippen LogP contribution in [0.25, 0.3) is 0 Å². The van der Waals surface area contributed by atoms with Crippen molar-refractivity contribution >= 4 is 11.4 Å². The van der Waals surface area contributed by atoms with Gasteiger partial charge in [-0.2, -0.15) is 0 Å². The first-order chi connectivity index (χ1) is 9.16. The number of anilines is 1. The van der Waals surface area contributed by atoms with Crippen molar-refractivity contribution in [2.24, 2.45) is 0 Å². The van der Waals surface area contributed by atoms with Crippen molar-refractivity contribution < 1.29 is 14.1 Å². The fraction of sp³-hybridized carbons (Fsp3) is 0.500. The lowest BCUT2D eigenvalue weighted by Gasteiger charge is -2.26. The lowest BCUT2D eigenvalue weighted by Crippen LogP contribution is -2.39. The number of halogens is 1. The first-order valence-electron chi connectivity index (χ1n) is 6.15. The minimum atomic E-state index is -0.606. The van der Waals surface area contributed by atoms with Crippen LogP contribution in [0.4, 0.5) is 15.8 Å². The Morgan fingerprint density at radius 1 is 1.42 bits per heavy atom. The number of benzene rings is 1. The van der Waals surface area contributed by atoms with E-state index in [-0.39, 0.29) is 5.69 Å². The molecular weight excluding hydrogens is 253 g/mol. The van der Waals surface area contributed by atoms with Crippen LogP contribution in [0, 0.1) is 15.9 Å². The topological polar surface area (TPSA) is 67.6 Å². The third kappa shape index (κ3) is 3.87. The number of nitro benzene ring substituents is 1. The Morgan fingerprint density at radius 2 is 2.16 bits per heavy atom. The van der Waals surface area contributed by atoms with E-state index in [4.69, 9.17) is 4.74 Å². The molecule has 0 aromatic heterocycles. The summed E-state index contributed by atoms with van der Waals surface area (Å²) in [5.74, 6) is -0.606. The second-order valence-electron chi connectivity index (χ2n) is 4.30. The van der Waals surface area contributed by atoms with E-state index < -0.39 is 10.7 Å². The Kier molecular flexibility index (Phi) is 4.64. The van der Waals surface area contributed by atoms with Gasteiger partial charge < -0.3 is 10.1 Å². The van der Waals surface area contributed by atoms with Crippen LogP contribution in [-0.4, -0.2) is 49.2 Å². The average molecular weight is 269 g/mol. The molecule has 104 valence electrons. The number of hydrogen-bond donors (Lipinski definition) is 1. The van der Waals surface area contributed by atoms with Crippen LogP contribution in [0.1, 0.15) is 0 Å². The zero-order valence-electron chi connectivity index (χ0n) is 10.5. The van der Waals surface area contributed by atoms with Gasteiger partial charge in [-0.3, -0.25) is 15.0 Å². The Morgan fingerprint density at radius 3 is 2.84 bits per heavy atom. The quantitative estimate of drug-likeness (QED) is 0.647. The Hall–Kier alpha value is -1.73. The van der Waals surface area contributed by atoms with Gasteiger partial charge in [-0.1, -0.05) is 0 Å². The number of nitrogens with zero attached hydrogens (tertiary/aromatic N) is 2. The molecule has 1 aliphatic heterocycles. The maximum Gasteiger partial charge on any atom is 0.295 e. The second kappa shape index (κ2) is 6.44. The highest BCUT2D eigenvalue weighted by Crippen LogP contribution is 2.24. The van der Waals surface area contributed by atoms with E-state index in [9.17, 15) is 14.5 Å². The van der Waals surface area contributed by atoms with Gasteiger partial charge in [0.2, 0.25) is 0 Å². The summed E-state index contributed by atoms with van der Waals surface area (Å²) in [7, 11) is 0. The predicted molar refractivity (Wildman–Crippen MR) is 68.8 cm³/mol. The Balaban J connectivity index is 1.89. The molecule has 1 fully saturated rings. The van der Waals surface area contributed by atoms with E-state index in [0.717, 1.165) is 38.9 Å². The number of morpholine rings is 1. The Labute approximate surface area is 110 Å². The van der Waals surface area contributed by atoms with Crippen LogP contribution < -0.4 is 5.32 Å². The Bertz CT molecular complexity index is 450. The molecule has 0 saturated carbocycles. The van der Waals surface area contributed by atoms with Gasteiger partial charge in [0.1, 0.15) is 11.5 Å². The molecule has 0 atom stereocenters. The van der Waals surface area contributed by atoms with Crippen molar-refractivity contribution in [2.75, 3.05) is 44.7 Å². The van der Waals surface area contributed by atoms with E-state index in [1.165, 1.54) is 12.1 Å². The largest absolute Gasteiger partial charge is 0.379 e. The molecule has 0 spiro atoms. The number of nitro groups is 1. The third-order valence-corrected chi connectivity index (χ3v) is 3.00. The lowest BCUT2D eigenvalue weighted by molar-refractivity contribution is -0.384. The summed E-state index contributed by atoms with van der Waals surface area (Å²) in [4.78, 5) is 12.4. The van der Waals surface area contributed by atoms with Crippen LogP contribution in [0.3, 0.4) is 0 Å². The third-order valence-electron chi connectivity index (χ3n) is 3.00. The molecule has 1 aromatic carbocycles. The molecule has 19 heavy (non-hydrogen) atoms. The molecule has 7 heteroatoms. The SMILES string of the molecule is O=[N+]([O-])c1cc(F)ccc1NCCN1CCOCC1. The fourth-order valence-corrected chi connectivity index (χ4v) is 1.98. The zero-order valence-corrected chi connectivity index (χ0v) is 10.5. The molecule has 1 aliphatic rings. The van der Waals surface area contributed by atoms with Crippen LogP contribution in [0.2, 0.25) is 0 Å². The molecule has 1 heterocycles. The minimum Gasteiger partial charge on any atom is -0.379 e. The highest BCUT2D eigenvalue weighted by Gasteiger charge is 2.15. The van der Waals surface area contributed by atoms with Crippen LogP contribution in [0.5, 0.6) is 0 Å². The van der Waals surface area contributed by atoms with Crippen LogP contribution in [0.15, 0.2) is 18.2 Å². The van der Waals surface area contributed by atoms with Crippen molar-refractivity contribution in [2.45, 2.75) is 0 Å².